The SMILES string of the molecule is O=S(=O)(c1ccccc1)N1CCOC2CCC1C2OCC1CC1. The van der Waals surface area contributed by atoms with Crippen molar-refractivity contribution in [1.82, 2.24) is 4.31 Å². The van der Waals surface area contributed by atoms with Crippen molar-refractivity contribution in [3.05, 3.63) is 30.3 Å². The van der Waals surface area contributed by atoms with Crippen molar-refractivity contribution in [2.45, 2.75) is 48.8 Å². The van der Waals surface area contributed by atoms with E-state index >= 15 is 0 Å². The summed E-state index contributed by atoms with van der Waals surface area (Å²) in [6, 6.07) is 8.57. The maximum absolute atomic E-state index is 13.0. The van der Waals surface area contributed by atoms with Crippen LogP contribution in [-0.2, 0) is 19.5 Å². The Morgan fingerprint density at radius 1 is 1.13 bits per heavy atom. The van der Waals surface area contributed by atoms with Gasteiger partial charge in [0.15, 0.2) is 0 Å². The zero-order valence-electron chi connectivity index (χ0n) is 13.1. The Bertz CT molecular complexity index is 644. The Balaban J connectivity index is 1.59. The summed E-state index contributed by atoms with van der Waals surface area (Å²) < 4.78 is 39.7. The number of nitrogens with zero attached hydrogens (tertiary/aromatic N) is 1. The molecular weight excluding hydrogens is 314 g/mol. The van der Waals surface area contributed by atoms with Gasteiger partial charge in [0.25, 0.3) is 0 Å². The van der Waals surface area contributed by atoms with E-state index in [9.17, 15) is 8.42 Å². The van der Waals surface area contributed by atoms with Crippen LogP contribution in [0.5, 0.6) is 0 Å². The van der Waals surface area contributed by atoms with Gasteiger partial charge in [-0.3, -0.25) is 0 Å². The third-order valence-corrected chi connectivity index (χ3v) is 7.02. The largest absolute Gasteiger partial charge is 0.374 e. The second kappa shape index (κ2) is 6.16. The third kappa shape index (κ3) is 3.05. The van der Waals surface area contributed by atoms with E-state index in [0.29, 0.717) is 24.0 Å². The summed E-state index contributed by atoms with van der Waals surface area (Å²) in [4.78, 5) is 0.353. The van der Waals surface area contributed by atoms with Gasteiger partial charge in [0, 0.05) is 13.2 Å². The maximum atomic E-state index is 13.0. The highest BCUT2D eigenvalue weighted by molar-refractivity contribution is 7.89. The first-order valence-electron chi connectivity index (χ1n) is 8.46. The molecule has 1 aromatic carbocycles. The molecular formula is C17H23NO4S. The lowest BCUT2D eigenvalue weighted by Gasteiger charge is -2.30. The molecule has 0 radical (unpaired) electrons. The molecule has 4 rings (SSSR count). The fourth-order valence-corrected chi connectivity index (χ4v) is 5.30. The minimum absolute atomic E-state index is 0.0368. The van der Waals surface area contributed by atoms with Crippen LogP contribution in [0.2, 0.25) is 0 Å². The summed E-state index contributed by atoms with van der Waals surface area (Å²) in [6.45, 7) is 1.58. The lowest BCUT2D eigenvalue weighted by molar-refractivity contribution is -0.0542. The maximum Gasteiger partial charge on any atom is 0.243 e. The molecule has 1 aromatic rings. The van der Waals surface area contributed by atoms with Gasteiger partial charge in [0.1, 0.15) is 6.10 Å². The molecule has 126 valence electrons. The van der Waals surface area contributed by atoms with Gasteiger partial charge < -0.3 is 9.47 Å². The quantitative estimate of drug-likeness (QED) is 0.825. The molecule has 2 aliphatic carbocycles. The molecule has 1 aliphatic heterocycles. The normalized spacial score (nSPS) is 31.9. The second-order valence-electron chi connectivity index (χ2n) is 6.72. The fourth-order valence-electron chi connectivity index (χ4n) is 3.63. The van der Waals surface area contributed by atoms with E-state index in [4.69, 9.17) is 9.47 Å². The number of sulfonamides is 1. The van der Waals surface area contributed by atoms with Crippen molar-refractivity contribution in [2.75, 3.05) is 19.8 Å². The van der Waals surface area contributed by atoms with Crippen molar-refractivity contribution < 1.29 is 17.9 Å². The van der Waals surface area contributed by atoms with E-state index in [1.54, 1.807) is 28.6 Å². The lowest BCUT2D eigenvalue weighted by atomic mass is 10.2. The van der Waals surface area contributed by atoms with Crippen LogP contribution in [0.1, 0.15) is 25.7 Å². The number of fused-ring (bicyclic) bond motifs is 2. The Hall–Kier alpha value is -0.950. The Kier molecular flexibility index (Phi) is 4.17. The van der Waals surface area contributed by atoms with Gasteiger partial charge in [0.05, 0.1) is 23.6 Å². The van der Waals surface area contributed by atoms with Gasteiger partial charge in [-0.05, 0) is 43.7 Å². The molecule has 0 spiro atoms. The van der Waals surface area contributed by atoms with E-state index in [1.807, 2.05) is 6.07 Å². The van der Waals surface area contributed by atoms with Crippen LogP contribution in [0.4, 0.5) is 0 Å². The van der Waals surface area contributed by atoms with Crippen LogP contribution in [0.25, 0.3) is 0 Å². The molecule has 0 aromatic heterocycles. The van der Waals surface area contributed by atoms with Gasteiger partial charge in [-0.25, -0.2) is 8.42 Å². The summed E-state index contributed by atoms with van der Waals surface area (Å²) in [5.41, 5.74) is 0. The zero-order chi connectivity index (χ0) is 15.9. The van der Waals surface area contributed by atoms with Gasteiger partial charge in [-0.15, -0.1) is 0 Å². The molecule has 2 saturated carbocycles. The molecule has 2 bridgehead atoms. The number of rotatable bonds is 5. The minimum Gasteiger partial charge on any atom is -0.374 e. The van der Waals surface area contributed by atoms with E-state index in [2.05, 4.69) is 0 Å². The first-order valence-corrected chi connectivity index (χ1v) is 9.90. The molecule has 0 N–H and O–H groups in total. The fraction of sp³-hybridized carbons (Fsp3) is 0.647. The summed E-state index contributed by atoms with van der Waals surface area (Å²) >= 11 is 0. The van der Waals surface area contributed by atoms with Crippen molar-refractivity contribution in [1.29, 1.82) is 0 Å². The molecule has 0 amide bonds. The summed E-state index contributed by atoms with van der Waals surface area (Å²) in [6.07, 6.45) is 4.06. The van der Waals surface area contributed by atoms with Crippen molar-refractivity contribution in [3.8, 4) is 0 Å². The molecule has 3 aliphatic rings. The van der Waals surface area contributed by atoms with Crippen molar-refractivity contribution >= 4 is 10.0 Å². The Labute approximate surface area is 137 Å². The van der Waals surface area contributed by atoms with Gasteiger partial charge >= 0.3 is 0 Å². The molecule has 1 saturated heterocycles. The topological polar surface area (TPSA) is 55.8 Å². The molecule has 3 unspecified atom stereocenters. The summed E-state index contributed by atoms with van der Waals surface area (Å²) in [5.74, 6) is 0.664. The molecule has 6 heteroatoms. The van der Waals surface area contributed by atoms with Crippen LogP contribution in [-0.4, -0.2) is 50.7 Å². The number of hydrogen-bond acceptors (Lipinski definition) is 4. The van der Waals surface area contributed by atoms with Gasteiger partial charge in [0.2, 0.25) is 10.0 Å². The lowest BCUT2D eigenvalue weighted by Crippen LogP contribution is -2.46. The molecule has 23 heavy (non-hydrogen) atoms. The average Bonchev–Trinajstić information content (AvgIpc) is 3.31. The van der Waals surface area contributed by atoms with E-state index in [0.717, 1.165) is 19.4 Å². The smallest absolute Gasteiger partial charge is 0.243 e. The highest BCUT2D eigenvalue weighted by atomic mass is 32.2. The summed E-state index contributed by atoms with van der Waals surface area (Å²) in [7, 11) is -3.50. The first kappa shape index (κ1) is 15.6. The number of benzene rings is 1. The van der Waals surface area contributed by atoms with Crippen LogP contribution in [0.3, 0.4) is 0 Å². The summed E-state index contributed by atoms with van der Waals surface area (Å²) in [5, 5.41) is 0. The van der Waals surface area contributed by atoms with Crippen LogP contribution >= 0.6 is 0 Å². The zero-order valence-corrected chi connectivity index (χ0v) is 14.0. The Morgan fingerprint density at radius 2 is 1.91 bits per heavy atom. The molecule has 3 atom stereocenters. The monoisotopic (exact) mass is 337 g/mol. The third-order valence-electron chi connectivity index (χ3n) is 5.08. The first-order chi connectivity index (χ1) is 11.2. The van der Waals surface area contributed by atoms with E-state index in [-0.39, 0.29) is 18.2 Å². The standard InChI is InChI=1S/C17H23NO4S/c19-23(20,14-4-2-1-3-5-14)18-10-11-21-16-9-8-15(18)17(16)22-12-13-6-7-13/h1-5,13,15-17H,6-12H2. The molecule has 3 fully saturated rings. The van der Waals surface area contributed by atoms with Gasteiger partial charge in [-0.1, -0.05) is 18.2 Å². The highest BCUT2D eigenvalue weighted by Crippen LogP contribution is 2.37. The van der Waals surface area contributed by atoms with Crippen LogP contribution in [0.15, 0.2) is 35.2 Å². The van der Waals surface area contributed by atoms with Crippen LogP contribution in [0, 0.1) is 5.92 Å². The highest BCUT2D eigenvalue weighted by Gasteiger charge is 2.47. The average molecular weight is 337 g/mol. The van der Waals surface area contributed by atoms with E-state index < -0.39 is 10.0 Å². The predicted octanol–water partition coefficient (Wildman–Crippen LogP) is 2.03. The predicted molar refractivity (Wildman–Crippen MR) is 85.6 cm³/mol. The van der Waals surface area contributed by atoms with Crippen molar-refractivity contribution in [3.63, 3.8) is 0 Å². The van der Waals surface area contributed by atoms with Crippen LogP contribution < -0.4 is 0 Å². The number of ether oxygens (including phenoxy) is 2. The Morgan fingerprint density at radius 3 is 2.65 bits per heavy atom. The minimum atomic E-state index is -3.50. The molecule has 1 heterocycles. The van der Waals surface area contributed by atoms with Crippen molar-refractivity contribution in [2.24, 2.45) is 5.92 Å². The second-order valence-corrected chi connectivity index (χ2v) is 8.61. The van der Waals surface area contributed by atoms with Gasteiger partial charge in [-0.2, -0.15) is 4.31 Å². The number of hydrogen-bond donors (Lipinski definition) is 0. The molecule has 5 nitrogen and oxygen atoms in total. The van der Waals surface area contributed by atoms with E-state index in [1.165, 1.54) is 12.8 Å².